The zero-order valence-electron chi connectivity index (χ0n) is 21.1. The van der Waals surface area contributed by atoms with E-state index in [1.54, 1.807) is 6.92 Å². The molecule has 40 heavy (non-hydrogen) atoms. The number of rotatable bonds is 10. The average Bonchev–Trinajstić information content (AvgIpc) is 3.73. The fourth-order valence-electron chi connectivity index (χ4n) is 4.00. The van der Waals surface area contributed by atoms with Crippen molar-refractivity contribution >= 4 is 11.8 Å². The largest absolute Gasteiger partial charge is 0.491 e. The number of pyridine rings is 1. The lowest BCUT2D eigenvalue weighted by Gasteiger charge is -2.31. The van der Waals surface area contributed by atoms with Crippen LogP contribution in [0.2, 0.25) is 0 Å². The summed E-state index contributed by atoms with van der Waals surface area (Å²) in [5.74, 6) is -2.53. The summed E-state index contributed by atoms with van der Waals surface area (Å²) >= 11 is 0. The van der Waals surface area contributed by atoms with Crippen LogP contribution < -0.4 is 21.3 Å². The number of carbonyl (C=O) groups is 2. The van der Waals surface area contributed by atoms with E-state index in [9.17, 15) is 37.1 Å². The third-order valence-electron chi connectivity index (χ3n) is 6.18. The van der Waals surface area contributed by atoms with Crippen LogP contribution in [0.15, 0.2) is 41.2 Å². The molecule has 1 aliphatic rings. The molecule has 0 unspecified atom stereocenters. The van der Waals surface area contributed by atoms with Crippen LogP contribution in [0.5, 0.6) is 5.75 Å². The molecule has 1 saturated carbocycles. The number of primary amides is 1. The topological polar surface area (TPSA) is 160 Å². The Morgan fingerprint density at radius 2 is 1.85 bits per heavy atom. The van der Waals surface area contributed by atoms with Gasteiger partial charge in [-0.1, -0.05) is 0 Å². The zero-order valence-corrected chi connectivity index (χ0v) is 21.1. The fraction of sp³-hybridized carbons (Fsp3) is 0.346. The Morgan fingerprint density at radius 3 is 2.42 bits per heavy atom. The highest BCUT2D eigenvalue weighted by molar-refractivity contribution is 5.92. The van der Waals surface area contributed by atoms with Crippen LogP contribution in [-0.4, -0.2) is 51.2 Å². The van der Waals surface area contributed by atoms with Crippen LogP contribution in [0.4, 0.5) is 17.6 Å². The van der Waals surface area contributed by atoms with Gasteiger partial charge in [0.05, 0.1) is 25.3 Å². The van der Waals surface area contributed by atoms with Crippen molar-refractivity contribution in [1.82, 2.24) is 20.3 Å². The Balaban J connectivity index is 1.78. The van der Waals surface area contributed by atoms with Gasteiger partial charge in [0.25, 0.3) is 11.5 Å². The van der Waals surface area contributed by atoms with Gasteiger partial charge in [0, 0.05) is 23.1 Å². The normalized spacial score (nSPS) is 14.8. The van der Waals surface area contributed by atoms with E-state index in [2.05, 4.69) is 15.0 Å². The van der Waals surface area contributed by atoms with Gasteiger partial charge in [0.15, 0.2) is 0 Å². The van der Waals surface area contributed by atoms with Crippen LogP contribution in [0.25, 0.3) is 11.3 Å². The Morgan fingerprint density at radius 1 is 1.18 bits per heavy atom. The van der Waals surface area contributed by atoms with E-state index in [-0.39, 0.29) is 40.9 Å². The van der Waals surface area contributed by atoms with Gasteiger partial charge < -0.3 is 25.9 Å². The van der Waals surface area contributed by atoms with Crippen molar-refractivity contribution in [3.63, 3.8) is 0 Å². The Labute approximate surface area is 224 Å². The lowest BCUT2D eigenvalue weighted by molar-refractivity contribution is -0.265. The summed E-state index contributed by atoms with van der Waals surface area (Å²) in [5, 5.41) is 13.0. The number of H-pyrrole nitrogens is 1. The summed E-state index contributed by atoms with van der Waals surface area (Å²) in [5.41, 5.74) is -0.696. The van der Waals surface area contributed by atoms with Gasteiger partial charge in [0.2, 0.25) is 11.5 Å². The van der Waals surface area contributed by atoms with Crippen LogP contribution in [0, 0.1) is 5.82 Å². The molecule has 2 amide bonds. The van der Waals surface area contributed by atoms with Crippen molar-refractivity contribution in [3.05, 3.63) is 75.3 Å². The van der Waals surface area contributed by atoms with Gasteiger partial charge in [-0.25, -0.2) is 14.4 Å². The third-order valence-corrected chi connectivity index (χ3v) is 6.18. The number of hydrogen-bond donors (Lipinski definition) is 4. The number of halogens is 4. The van der Waals surface area contributed by atoms with E-state index < -0.39 is 59.3 Å². The monoisotopic (exact) mass is 563 g/mol. The van der Waals surface area contributed by atoms with E-state index in [0.29, 0.717) is 0 Å². The molecule has 0 spiro atoms. The molecule has 4 rings (SSSR count). The molecule has 2 aromatic heterocycles. The van der Waals surface area contributed by atoms with Crippen molar-refractivity contribution in [1.29, 1.82) is 0 Å². The molecule has 2 heterocycles. The van der Waals surface area contributed by atoms with Crippen LogP contribution in [-0.2, 0) is 16.8 Å². The predicted octanol–water partition coefficient (Wildman–Crippen LogP) is 2.45. The van der Waals surface area contributed by atoms with Crippen molar-refractivity contribution in [2.75, 3.05) is 13.2 Å². The summed E-state index contributed by atoms with van der Waals surface area (Å²) in [7, 11) is 0. The number of amides is 2. The Kier molecular flexibility index (Phi) is 7.91. The Hall–Kier alpha value is -4.33. The van der Waals surface area contributed by atoms with E-state index in [0.717, 1.165) is 37.1 Å². The number of aromatic amines is 1. The molecule has 1 aromatic carbocycles. The highest BCUT2D eigenvalue weighted by atomic mass is 19.4. The molecule has 0 saturated heterocycles. The summed E-state index contributed by atoms with van der Waals surface area (Å²) in [6.07, 6.45) is -4.46. The van der Waals surface area contributed by atoms with Crippen molar-refractivity contribution in [3.8, 4) is 17.0 Å². The van der Waals surface area contributed by atoms with Gasteiger partial charge in [-0.15, -0.1) is 0 Å². The number of nitrogens with two attached hydrogens (primary N) is 1. The predicted molar refractivity (Wildman–Crippen MR) is 133 cm³/mol. The summed E-state index contributed by atoms with van der Waals surface area (Å²) < 4.78 is 62.4. The maximum absolute atomic E-state index is 14.4. The first kappa shape index (κ1) is 28.7. The summed E-state index contributed by atoms with van der Waals surface area (Å²) in [6.45, 7) is 0.213. The quantitative estimate of drug-likeness (QED) is 0.276. The third kappa shape index (κ3) is 6.11. The first-order chi connectivity index (χ1) is 18.8. The minimum absolute atomic E-state index is 0.0344. The summed E-state index contributed by atoms with van der Waals surface area (Å²) in [6, 6.07) is 6.23. The number of benzene rings is 1. The number of nitrogens with one attached hydrogen (secondary N) is 2. The second-order valence-electron chi connectivity index (χ2n) is 9.26. The molecule has 1 aliphatic carbocycles. The molecular weight excluding hydrogens is 538 g/mol. The maximum Gasteiger partial charge on any atom is 0.424 e. The van der Waals surface area contributed by atoms with Crippen molar-refractivity contribution in [2.24, 2.45) is 5.73 Å². The lowest BCUT2D eigenvalue weighted by Crippen LogP contribution is -2.51. The molecule has 10 nitrogen and oxygen atoms in total. The second kappa shape index (κ2) is 11.0. The van der Waals surface area contributed by atoms with Gasteiger partial charge in [-0.3, -0.25) is 14.4 Å². The molecule has 14 heteroatoms. The lowest BCUT2D eigenvalue weighted by atomic mass is 9.93. The molecule has 0 bridgehead atoms. The summed E-state index contributed by atoms with van der Waals surface area (Å²) in [4.78, 5) is 47.0. The first-order valence-corrected chi connectivity index (χ1v) is 12.2. The van der Waals surface area contributed by atoms with Crippen LogP contribution in [0.3, 0.4) is 0 Å². The number of nitrogens with zero attached hydrogens (tertiary/aromatic N) is 2. The van der Waals surface area contributed by atoms with Crippen molar-refractivity contribution < 1.29 is 37.0 Å². The minimum Gasteiger partial charge on any atom is -0.491 e. The first-order valence-electron chi connectivity index (χ1n) is 12.2. The fourth-order valence-corrected chi connectivity index (χ4v) is 4.00. The minimum atomic E-state index is -5.38. The van der Waals surface area contributed by atoms with Gasteiger partial charge in [0.1, 0.15) is 28.8 Å². The van der Waals surface area contributed by atoms with E-state index in [1.165, 1.54) is 12.1 Å². The zero-order chi connectivity index (χ0) is 29.2. The molecule has 3 aromatic rings. The molecule has 1 fully saturated rings. The Bertz CT molecular complexity index is 1490. The molecule has 5 N–H and O–H groups in total. The van der Waals surface area contributed by atoms with Gasteiger partial charge in [-0.2, -0.15) is 13.2 Å². The van der Waals surface area contributed by atoms with E-state index in [1.807, 2.05) is 5.32 Å². The number of alkyl halides is 3. The smallest absolute Gasteiger partial charge is 0.424 e. The van der Waals surface area contributed by atoms with E-state index in [4.69, 9.17) is 10.5 Å². The molecular formula is C26H25F4N5O5. The van der Waals surface area contributed by atoms with Crippen LogP contribution in [0.1, 0.15) is 53.3 Å². The second-order valence-corrected chi connectivity index (χ2v) is 9.26. The highest BCUT2D eigenvalue weighted by Gasteiger charge is 2.57. The molecule has 212 valence electrons. The SMILES string of the molecule is CCOc1c(CC(N)=O)cc([C@@](O)(CNC(=O)c2cc(=O)[nH]c(C3CC3)n2)C(F)(F)F)nc1-c1ccc(F)cc1. The highest BCUT2D eigenvalue weighted by Crippen LogP contribution is 2.42. The van der Waals surface area contributed by atoms with Gasteiger partial charge in [-0.05, 0) is 50.1 Å². The molecule has 0 radical (unpaired) electrons. The maximum atomic E-state index is 14.4. The standard InChI is InChI=1S/C26H25F4N5O5/c1-2-40-22-15(10-19(31)36)9-18(34-21(22)13-5-7-16(27)8-6-13)25(39,26(28,29)30)12-32-24(38)17-11-20(37)35-23(33-17)14-3-4-14/h5-9,11,14,39H,2-4,10,12H2,1H3,(H2,31,36)(H,32,38)(H,33,35,37)/t25-/m0/s1. The van der Waals surface area contributed by atoms with Gasteiger partial charge >= 0.3 is 6.18 Å². The number of hydrogen-bond acceptors (Lipinski definition) is 7. The molecule has 0 aliphatic heterocycles. The number of aromatic nitrogens is 3. The number of carbonyl (C=O) groups excluding carboxylic acids is 2. The van der Waals surface area contributed by atoms with Crippen LogP contribution >= 0.6 is 0 Å². The molecule has 1 atom stereocenters. The average molecular weight is 564 g/mol. The van der Waals surface area contributed by atoms with E-state index >= 15 is 0 Å². The number of aliphatic hydroxyl groups is 1. The number of ether oxygens (including phenoxy) is 1. The van der Waals surface area contributed by atoms with Crippen molar-refractivity contribution in [2.45, 2.75) is 43.9 Å².